The monoisotopic (exact) mass is 266 g/mol. The van der Waals surface area contributed by atoms with Crippen LogP contribution in [-0.4, -0.2) is 31.1 Å². The summed E-state index contributed by atoms with van der Waals surface area (Å²) in [6, 6.07) is 5.28. The van der Waals surface area contributed by atoms with Crippen LogP contribution in [0.2, 0.25) is 0 Å². The van der Waals surface area contributed by atoms with Crippen molar-refractivity contribution < 1.29 is 9.13 Å². The molecule has 0 aliphatic carbocycles. The van der Waals surface area contributed by atoms with Crippen LogP contribution in [0.1, 0.15) is 25.3 Å². The minimum absolute atomic E-state index is 0.192. The topological polar surface area (TPSA) is 38.5 Å². The Morgan fingerprint density at radius 3 is 2.95 bits per heavy atom. The number of hydrogen-bond acceptors (Lipinski definition) is 3. The molecule has 1 aliphatic rings. The van der Waals surface area contributed by atoms with Crippen molar-refractivity contribution in [1.29, 1.82) is 0 Å². The number of hydrogen-bond donors (Lipinski definition) is 1. The van der Waals surface area contributed by atoms with Crippen LogP contribution < -0.4 is 10.5 Å². The lowest BCUT2D eigenvalue weighted by atomic mass is 9.92. The van der Waals surface area contributed by atoms with E-state index < -0.39 is 0 Å². The molecule has 1 aliphatic heterocycles. The van der Waals surface area contributed by atoms with Crippen LogP contribution in [0.5, 0.6) is 5.75 Å². The predicted molar refractivity (Wildman–Crippen MR) is 74.6 cm³/mol. The van der Waals surface area contributed by atoms with Crippen LogP contribution >= 0.6 is 0 Å². The SMILES string of the molecule is COc1ccc(CN2CCCC(C(C)N)C2)c(F)c1. The van der Waals surface area contributed by atoms with Gasteiger partial charge in [-0.05, 0) is 38.3 Å². The average molecular weight is 266 g/mol. The number of benzene rings is 1. The summed E-state index contributed by atoms with van der Waals surface area (Å²) in [4.78, 5) is 2.29. The highest BCUT2D eigenvalue weighted by molar-refractivity contribution is 5.28. The fourth-order valence-electron chi connectivity index (χ4n) is 2.69. The Balaban J connectivity index is 2.00. The molecule has 0 radical (unpaired) electrons. The summed E-state index contributed by atoms with van der Waals surface area (Å²) in [7, 11) is 1.55. The molecule has 0 amide bonds. The molecule has 0 aromatic heterocycles. The number of methoxy groups -OCH3 is 1. The second-order valence-corrected chi connectivity index (χ2v) is 5.45. The molecule has 2 unspecified atom stereocenters. The van der Waals surface area contributed by atoms with Crippen LogP contribution in [0.25, 0.3) is 0 Å². The summed E-state index contributed by atoms with van der Waals surface area (Å²) >= 11 is 0. The van der Waals surface area contributed by atoms with Crippen LogP contribution in [0.3, 0.4) is 0 Å². The largest absolute Gasteiger partial charge is 0.497 e. The minimum atomic E-state index is -0.192. The second kappa shape index (κ2) is 6.35. The first-order valence-electron chi connectivity index (χ1n) is 6.90. The zero-order chi connectivity index (χ0) is 13.8. The zero-order valence-corrected chi connectivity index (χ0v) is 11.7. The summed E-state index contributed by atoms with van der Waals surface area (Å²) < 4.78 is 18.9. The molecule has 0 saturated carbocycles. The molecule has 0 spiro atoms. The molecule has 2 rings (SSSR count). The van der Waals surface area contributed by atoms with Gasteiger partial charge in [0.05, 0.1) is 7.11 Å². The first-order valence-corrected chi connectivity index (χ1v) is 6.90. The summed E-state index contributed by atoms with van der Waals surface area (Å²) in [5, 5.41) is 0. The molecule has 2 atom stereocenters. The second-order valence-electron chi connectivity index (χ2n) is 5.45. The number of piperidine rings is 1. The minimum Gasteiger partial charge on any atom is -0.497 e. The van der Waals surface area contributed by atoms with Crippen LogP contribution in [0, 0.1) is 11.7 Å². The van der Waals surface area contributed by atoms with E-state index in [9.17, 15) is 4.39 Å². The third-order valence-electron chi connectivity index (χ3n) is 3.94. The molecule has 1 saturated heterocycles. The van der Waals surface area contributed by atoms with Gasteiger partial charge in [0.15, 0.2) is 0 Å². The lowest BCUT2D eigenvalue weighted by molar-refractivity contribution is 0.153. The van der Waals surface area contributed by atoms with E-state index in [2.05, 4.69) is 11.8 Å². The van der Waals surface area contributed by atoms with Crippen molar-refractivity contribution in [2.24, 2.45) is 11.7 Å². The van der Waals surface area contributed by atoms with Gasteiger partial charge in [0, 0.05) is 30.8 Å². The Kier molecular flexibility index (Phi) is 4.77. The standard InChI is InChI=1S/C15H23FN2O/c1-11(17)12-4-3-7-18(9-12)10-13-5-6-14(19-2)8-15(13)16/h5-6,8,11-12H,3-4,7,9-10,17H2,1-2H3. The van der Waals surface area contributed by atoms with Gasteiger partial charge in [0.2, 0.25) is 0 Å². The molecule has 1 aromatic carbocycles. The van der Waals surface area contributed by atoms with Gasteiger partial charge in [-0.3, -0.25) is 4.90 Å². The summed E-state index contributed by atoms with van der Waals surface area (Å²) in [5.74, 6) is 0.894. The van der Waals surface area contributed by atoms with Crippen LogP contribution in [0.15, 0.2) is 18.2 Å². The summed E-state index contributed by atoms with van der Waals surface area (Å²) in [6.07, 6.45) is 2.32. The van der Waals surface area contributed by atoms with E-state index in [1.807, 2.05) is 12.1 Å². The van der Waals surface area contributed by atoms with Crippen molar-refractivity contribution in [3.63, 3.8) is 0 Å². The lowest BCUT2D eigenvalue weighted by Gasteiger charge is -2.34. The average Bonchev–Trinajstić information content (AvgIpc) is 2.41. The maximum atomic E-state index is 13.9. The molecule has 1 heterocycles. The van der Waals surface area contributed by atoms with Gasteiger partial charge in [-0.1, -0.05) is 6.07 Å². The number of rotatable bonds is 4. The van der Waals surface area contributed by atoms with Crippen molar-refractivity contribution in [2.75, 3.05) is 20.2 Å². The third kappa shape index (κ3) is 3.67. The number of nitrogens with zero attached hydrogens (tertiary/aromatic N) is 1. The number of nitrogens with two attached hydrogens (primary N) is 1. The van der Waals surface area contributed by atoms with Crippen LogP contribution in [-0.2, 0) is 6.54 Å². The Morgan fingerprint density at radius 2 is 2.32 bits per heavy atom. The summed E-state index contributed by atoms with van der Waals surface area (Å²) in [6.45, 7) is 4.69. The molecule has 0 bridgehead atoms. The van der Waals surface area contributed by atoms with E-state index >= 15 is 0 Å². The van der Waals surface area contributed by atoms with Crippen molar-refractivity contribution in [1.82, 2.24) is 4.90 Å². The van der Waals surface area contributed by atoms with Crippen molar-refractivity contribution >= 4 is 0 Å². The van der Waals surface area contributed by atoms with Gasteiger partial charge in [-0.25, -0.2) is 4.39 Å². The first kappa shape index (κ1) is 14.3. The number of ether oxygens (including phenoxy) is 1. The lowest BCUT2D eigenvalue weighted by Crippen LogP contribution is -2.42. The van der Waals surface area contributed by atoms with E-state index in [-0.39, 0.29) is 11.9 Å². The van der Waals surface area contributed by atoms with Crippen molar-refractivity contribution in [2.45, 2.75) is 32.4 Å². The Bertz CT molecular complexity index is 423. The molecule has 3 nitrogen and oxygen atoms in total. The fraction of sp³-hybridized carbons (Fsp3) is 0.600. The maximum Gasteiger partial charge on any atom is 0.131 e. The fourth-order valence-corrected chi connectivity index (χ4v) is 2.69. The van der Waals surface area contributed by atoms with E-state index in [1.54, 1.807) is 7.11 Å². The highest BCUT2D eigenvalue weighted by Gasteiger charge is 2.23. The van der Waals surface area contributed by atoms with Crippen molar-refractivity contribution in [3.8, 4) is 5.75 Å². The number of likely N-dealkylation sites (tertiary alicyclic amines) is 1. The first-order chi connectivity index (χ1) is 9.10. The summed E-state index contributed by atoms with van der Waals surface area (Å²) in [5.41, 5.74) is 6.70. The smallest absolute Gasteiger partial charge is 0.131 e. The van der Waals surface area contributed by atoms with Gasteiger partial charge in [0.1, 0.15) is 11.6 Å². The maximum absolute atomic E-state index is 13.9. The van der Waals surface area contributed by atoms with E-state index in [0.717, 1.165) is 25.1 Å². The molecule has 4 heteroatoms. The molecule has 1 fully saturated rings. The Labute approximate surface area is 114 Å². The van der Waals surface area contributed by atoms with Gasteiger partial charge in [-0.2, -0.15) is 0 Å². The van der Waals surface area contributed by atoms with Crippen LogP contribution in [0.4, 0.5) is 4.39 Å². The quantitative estimate of drug-likeness (QED) is 0.909. The van der Waals surface area contributed by atoms with E-state index in [0.29, 0.717) is 18.2 Å². The van der Waals surface area contributed by atoms with Crippen molar-refractivity contribution in [3.05, 3.63) is 29.6 Å². The van der Waals surface area contributed by atoms with E-state index in [4.69, 9.17) is 10.5 Å². The Hall–Kier alpha value is -1.13. The van der Waals surface area contributed by atoms with E-state index in [1.165, 1.54) is 12.5 Å². The van der Waals surface area contributed by atoms with Gasteiger partial charge < -0.3 is 10.5 Å². The molecular formula is C15H23FN2O. The predicted octanol–water partition coefficient (Wildman–Crippen LogP) is 2.39. The highest BCUT2D eigenvalue weighted by atomic mass is 19.1. The molecular weight excluding hydrogens is 243 g/mol. The molecule has 2 N–H and O–H groups in total. The zero-order valence-electron chi connectivity index (χ0n) is 11.7. The normalized spacial score (nSPS) is 22.2. The van der Waals surface area contributed by atoms with Gasteiger partial charge in [-0.15, -0.1) is 0 Å². The molecule has 1 aromatic rings. The molecule has 19 heavy (non-hydrogen) atoms. The number of halogens is 1. The third-order valence-corrected chi connectivity index (χ3v) is 3.94. The van der Waals surface area contributed by atoms with Gasteiger partial charge >= 0.3 is 0 Å². The molecule has 106 valence electrons. The Morgan fingerprint density at radius 1 is 1.53 bits per heavy atom. The highest BCUT2D eigenvalue weighted by Crippen LogP contribution is 2.23. The van der Waals surface area contributed by atoms with Gasteiger partial charge in [0.25, 0.3) is 0 Å².